The molecule has 102 valence electrons. The van der Waals surface area contributed by atoms with Crippen LogP contribution in [-0.4, -0.2) is 54.9 Å². The number of methoxy groups -OCH3 is 1. The molecule has 3 unspecified atom stereocenters. The largest absolute Gasteiger partial charge is 0.480 e. The van der Waals surface area contributed by atoms with E-state index in [2.05, 4.69) is 5.32 Å². The van der Waals surface area contributed by atoms with Gasteiger partial charge in [-0.15, -0.1) is 0 Å². The number of nitrogens with one attached hydrogen (secondary N) is 1. The van der Waals surface area contributed by atoms with Gasteiger partial charge < -0.3 is 20.1 Å². The molecule has 2 N–H and O–H groups in total. The molecular weight excluding hydrogens is 236 g/mol. The average Bonchev–Trinajstić information content (AvgIpc) is 2.87. The molecule has 0 radical (unpaired) electrons. The van der Waals surface area contributed by atoms with Crippen LogP contribution < -0.4 is 5.32 Å². The Morgan fingerprint density at radius 1 is 1.39 bits per heavy atom. The number of fused-ring (bicyclic) bond motifs is 1. The lowest BCUT2D eigenvalue weighted by Gasteiger charge is -2.21. The van der Waals surface area contributed by atoms with E-state index >= 15 is 0 Å². The lowest BCUT2D eigenvalue weighted by atomic mass is 10.0. The first kappa shape index (κ1) is 13.1. The van der Waals surface area contributed by atoms with Crippen molar-refractivity contribution in [2.45, 2.75) is 25.3 Å². The van der Waals surface area contributed by atoms with E-state index in [4.69, 9.17) is 9.84 Å². The van der Waals surface area contributed by atoms with Crippen LogP contribution in [0.25, 0.3) is 0 Å². The van der Waals surface area contributed by atoms with E-state index in [-0.39, 0.29) is 12.6 Å². The third-order valence-corrected chi connectivity index (χ3v) is 3.94. The third-order valence-electron chi connectivity index (χ3n) is 3.94. The number of carboxylic acid groups (broad SMARTS) is 1. The number of carboxylic acids is 1. The number of amides is 2. The molecule has 1 aliphatic heterocycles. The van der Waals surface area contributed by atoms with Gasteiger partial charge in [-0.3, -0.25) is 0 Å². The summed E-state index contributed by atoms with van der Waals surface area (Å²) >= 11 is 0. The minimum atomic E-state index is -1.07. The van der Waals surface area contributed by atoms with E-state index in [0.29, 0.717) is 11.8 Å². The minimum absolute atomic E-state index is 0.0121. The van der Waals surface area contributed by atoms with Gasteiger partial charge in [-0.25, -0.2) is 9.59 Å². The molecule has 0 bridgehead atoms. The molecule has 1 heterocycles. The average molecular weight is 256 g/mol. The zero-order valence-corrected chi connectivity index (χ0v) is 10.6. The monoisotopic (exact) mass is 256 g/mol. The normalized spacial score (nSPS) is 27.9. The van der Waals surface area contributed by atoms with Crippen molar-refractivity contribution in [1.29, 1.82) is 0 Å². The first-order valence-corrected chi connectivity index (χ1v) is 6.39. The van der Waals surface area contributed by atoms with Gasteiger partial charge in [0.05, 0.1) is 6.61 Å². The Bertz CT molecular complexity index is 322. The number of carbonyl (C=O) groups is 2. The van der Waals surface area contributed by atoms with Gasteiger partial charge in [0.2, 0.25) is 0 Å². The van der Waals surface area contributed by atoms with Crippen LogP contribution in [0.4, 0.5) is 4.79 Å². The van der Waals surface area contributed by atoms with Crippen molar-refractivity contribution in [3.05, 3.63) is 0 Å². The van der Waals surface area contributed by atoms with Gasteiger partial charge in [-0.05, 0) is 24.7 Å². The molecule has 2 amide bonds. The highest BCUT2D eigenvalue weighted by Gasteiger charge is 2.38. The Morgan fingerprint density at radius 3 is 2.50 bits per heavy atom. The number of nitrogens with zero attached hydrogens (tertiary/aromatic N) is 1. The summed E-state index contributed by atoms with van der Waals surface area (Å²) in [6.07, 6.45) is 3.63. The number of aliphatic carboxylic acids is 1. The smallest absolute Gasteiger partial charge is 0.328 e. The molecule has 2 aliphatic rings. The second-order valence-electron chi connectivity index (χ2n) is 5.15. The lowest BCUT2D eigenvalue weighted by molar-refractivity contribution is -0.140. The predicted molar refractivity (Wildman–Crippen MR) is 64.2 cm³/mol. The van der Waals surface area contributed by atoms with E-state index in [0.717, 1.165) is 13.1 Å². The minimum Gasteiger partial charge on any atom is -0.480 e. The number of carbonyl (C=O) groups excluding carboxylic acids is 1. The Kier molecular flexibility index (Phi) is 4.06. The second-order valence-corrected chi connectivity index (χ2v) is 5.15. The molecule has 2 rings (SSSR count). The van der Waals surface area contributed by atoms with Crippen LogP contribution in [-0.2, 0) is 9.53 Å². The Morgan fingerprint density at radius 2 is 2.00 bits per heavy atom. The summed E-state index contributed by atoms with van der Waals surface area (Å²) in [6, 6.07) is -1.25. The molecule has 1 aliphatic carbocycles. The highest BCUT2D eigenvalue weighted by molar-refractivity contribution is 5.82. The van der Waals surface area contributed by atoms with Gasteiger partial charge in [0, 0.05) is 20.2 Å². The van der Waals surface area contributed by atoms with Gasteiger partial charge in [0.15, 0.2) is 6.04 Å². The van der Waals surface area contributed by atoms with Crippen molar-refractivity contribution in [3.8, 4) is 0 Å². The molecule has 1 saturated heterocycles. The van der Waals surface area contributed by atoms with E-state index in [1.54, 1.807) is 4.90 Å². The van der Waals surface area contributed by atoms with Crippen molar-refractivity contribution >= 4 is 12.0 Å². The number of hydrogen-bond acceptors (Lipinski definition) is 3. The van der Waals surface area contributed by atoms with Crippen LogP contribution in [0.1, 0.15) is 19.3 Å². The molecule has 18 heavy (non-hydrogen) atoms. The Labute approximate surface area is 106 Å². The number of ether oxygens (including phenoxy) is 1. The van der Waals surface area contributed by atoms with Crippen molar-refractivity contribution < 1.29 is 19.4 Å². The van der Waals surface area contributed by atoms with Crippen LogP contribution in [0.3, 0.4) is 0 Å². The zero-order chi connectivity index (χ0) is 13.1. The molecule has 6 nitrogen and oxygen atoms in total. The third kappa shape index (κ3) is 2.75. The number of hydrogen-bond donors (Lipinski definition) is 2. The fourth-order valence-electron chi connectivity index (χ4n) is 2.98. The molecular formula is C12H20N2O4. The van der Waals surface area contributed by atoms with E-state index in [9.17, 15) is 9.59 Å². The molecule has 3 atom stereocenters. The van der Waals surface area contributed by atoms with Crippen LogP contribution in [0.5, 0.6) is 0 Å². The molecule has 1 saturated carbocycles. The maximum atomic E-state index is 12.0. The van der Waals surface area contributed by atoms with Crippen LogP contribution in [0.2, 0.25) is 0 Å². The summed E-state index contributed by atoms with van der Waals surface area (Å²) in [5.41, 5.74) is 0. The maximum Gasteiger partial charge on any atom is 0.328 e. The summed E-state index contributed by atoms with van der Waals surface area (Å²) < 4.78 is 4.79. The van der Waals surface area contributed by atoms with E-state index in [1.165, 1.54) is 26.4 Å². The van der Waals surface area contributed by atoms with Crippen molar-refractivity contribution in [2.24, 2.45) is 11.8 Å². The zero-order valence-electron chi connectivity index (χ0n) is 10.6. The fraction of sp³-hybridized carbons (Fsp3) is 0.833. The SMILES string of the molecule is COCC(NC(=O)N1CC2CCCC2C1)C(=O)O. The topological polar surface area (TPSA) is 78.9 Å². The second kappa shape index (κ2) is 5.56. The summed E-state index contributed by atoms with van der Waals surface area (Å²) in [5.74, 6) is 0.160. The molecule has 6 heteroatoms. The standard InChI is InChI=1S/C12H20N2O4/c1-18-7-10(11(15)16)13-12(17)14-5-8-3-2-4-9(8)6-14/h8-10H,2-7H2,1H3,(H,13,17)(H,15,16). The van der Waals surface area contributed by atoms with Gasteiger partial charge >= 0.3 is 12.0 Å². The van der Waals surface area contributed by atoms with Crippen LogP contribution in [0, 0.1) is 11.8 Å². The highest BCUT2D eigenvalue weighted by atomic mass is 16.5. The molecule has 0 aromatic heterocycles. The number of rotatable bonds is 4. The Balaban J connectivity index is 1.86. The fourth-order valence-corrected chi connectivity index (χ4v) is 2.98. The summed E-state index contributed by atoms with van der Waals surface area (Å²) in [7, 11) is 1.42. The number of urea groups is 1. The molecule has 0 aromatic rings. The lowest BCUT2D eigenvalue weighted by Crippen LogP contribution is -2.49. The van der Waals surface area contributed by atoms with Gasteiger partial charge in [-0.1, -0.05) is 6.42 Å². The Hall–Kier alpha value is -1.30. The van der Waals surface area contributed by atoms with Gasteiger partial charge in [0.1, 0.15) is 0 Å². The molecule has 0 spiro atoms. The number of likely N-dealkylation sites (tertiary alicyclic amines) is 1. The van der Waals surface area contributed by atoms with Crippen molar-refractivity contribution in [1.82, 2.24) is 10.2 Å². The molecule has 2 fully saturated rings. The van der Waals surface area contributed by atoms with E-state index < -0.39 is 12.0 Å². The first-order valence-electron chi connectivity index (χ1n) is 6.39. The molecule has 0 aromatic carbocycles. The predicted octanol–water partition coefficient (Wildman–Crippen LogP) is 0.527. The first-order chi connectivity index (χ1) is 8.61. The van der Waals surface area contributed by atoms with Crippen molar-refractivity contribution in [2.75, 3.05) is 26.8 Å². The maximum absolute atomic E-state index is 12.0. The summed E-state index contributed by atoms with van der Waals surface area (Å²) in [4.78, 5) is 24.6. The van der Waals surface area contributed by atoms with Gasteiger partial charge in [-0.2, -0.15) is 0 Å². The van der Waals surface area contributed by atoms with Crippen molar-refractivity contribution in [3.63, 3.8) is 0 Å². The quantitative estimate of drug-likeness (QED) is 0.769. The summed E-state index contributed by atoms with van der Waals surface area (Å²) in [6.45, 7) is 1.51. The summed E-state index contributed by atoms with van der Waals surface area (Å²) in [5, 5.41) is 11.5. The van der Waals surface area contributed by atoms with Crippen LogP contribution >= 0.6 is 0 Å². The van der Waals surface area contributed by atoms with Gasteiger partial charge in [0.25, 0.3) is 0 Å². The van der Waals surface area contributed by atoms with E-state index in [1.807, 2.05) is 0 Å². The highest BCUT2D eigenvalue weighted by Crippen LogP contribution is 2.37. The van der Waals surface area contributed by atoms with Crippen LogP contribution in [0.15, 0.2) is 0 Å².